The van der Waals surface area contributed by atoms with Gasteiger partial charge in [-0.25, -0.2) is 0 Å². The number of carbonyl (C=O) groups is 1. The first-order valence-electron chi connectivity index (χ1n) is 7.07. The largest absolute Gasteiger partial charge is 0.465 e. The molecule has 0 fully saturated rings. The lowest BCUT2D eigenvalue weighted by Crippen LogP contribution is -2.08. The third kappa shape index (κ3) is 14.9. The number of ether oxygens (including phenoxy) is 4. The van der Waals surface area contributed by atoms with E-state index in [0.717, 1.165) is 32.7 Å². The van der Waals surface area contributed by atoms with Gasteiger partial charge in [0.05, 0.1) is 12.7 Å². The summed E-state index contributed by atoms with van der Waals surface area (Å²) in [5, 5.41) is 8.25. The van der Waals surface area contributed by atoms with Crippen molar-refractivity contribution in [2.45, 2.75) is 32.6 Å². The van der Waals surface area contributed by atoms with Crippen molar-refractivity contribution >= 4 is 5.97 Å². The molecular formula is C14H25NO5. The van der Waals surface area contributed by atoms with Crippen LogP contribution in [0.3, 0.4) is 0 Å². The maximum atomic E-state index is 10.8. The topological polar surface area (TPSA) is 77.8 Å². The summed E-state index contributed by atoms with van der Waals surface area (Å²) in [5.74, 6) is -0.479. The van der Waals surface area contributed by atoms with Crippen LogP contribution in [0.15, 0.2) is 0 Å². The van der Waals surface area contributed by atoms with E-state index in [1.54, 1.807) is 6.07 Å². The van der Waals surface area contributed by atoms with E-state index in [9.17, 15) is 4.79 Å². The third-order valence-electron chi connectivity index (χ3n) is 2.28. The Morgan fingerprint density at radius 1 is 0.900 bits per heavy atom. The first kappa shape index (κ1) is 18.8. The zero-order valence-corrected chi connectivity index (χ0v) is 12.3. The second-order valence-corrected chi connectivity index (χ2v) is 4.04. The quantitative estimate of drug-likeness (QED) is 0.357. The molecule has 0 heterocycles. The van der Waals surface area contributed by atoms with Crippen molar-refractivity contribution < 1.29 is 23.7 Å². The molecule has 0 amide bonds. The molecule has 6 heteroatoms. The summed E-state index contributed by atoms with van der Waals surface area (Å²) in [6, 6.07) is 1.74. The summed E-state index contributed by atoms with van der Waals surface area (Å²) in [6.45, 7) is 6.36. The van der Waals surface area contributed by atoms with Crippen LogP contribution in [0.2, 0.25) is 0 Å². The van der Waals surface area contributed by atoms with Gasteiger partial charge in [-0.2, -0.15) is 5.26 Å². The lowest BCUT2D eigenvalue weighted by molar-refractivity contribution is -0.142. The van der Waals surface area contributed by atoms with Crippen LogP contribution in [0.1, 0.15) is 32.6 Å². The van der Waals surface area contributed by atoms with Crippen LogP contribution in [0.4, 0.5) is 0 Å². The van der Waals surface area contributed by atoms with Gasteiger partial charge in [0.25, 0.3) is 0 Å². The van der Waals surface area contributed by atoms with E-state index in [4.69, 9.17) is 24.2 Å². The molecule has 0 aromatic heterocycles. The van der Waals surface area contributed by atoms with Gasteiger partial charge in [0.1, 0.15) is 6.42 Å². The number of nitrogens with zero attached hydrogens (tertiary/aromatic N) is 1. The Bertz CT molecular complexity index is 265. The van der Waals surface area contributed by atoms with Gasteiger partial charge < -0.3 is 18.9 Å². The van der Waals surface area contributed by atoms with E-state index in [1.807, 2.05) is 6.92 Å². The normalized spacial score (nSPS) is 10.2. The summed E-state index contributed by atoms with van der Waals surface area (Å²) < 4.78 is 20.8. The van der Waals surface area contributed by atoms with E-state index in [2.05, 4.69) is 0 Å². The Morgan fingerprint density at radius 3 is 1.90 bits per heavy atom. The van der Waals surface area contributed by atoms with Crippen molar-refractivity contribution in [1.82, 2.24) is 0 Å². The highest BCUT2D eigenvalue weighted by Crippen LogP contribution is 1.92. The second-order valence-electron chi connectivity index (χ2n) is 4.04. The molecule has 0 spiro atoms. The summed E-state index contributed by atoms with van der Waals surface area (Å²) in [6.07, 6.45) is 2.22. The van der Waals surface area contributed by atoms with E-state index in [-0.39, 0.29) is 6.42 Å². The first-order chi connectivity index (χ1) is 9.81. The van der Waals surface area contributed by atoms with Gasteiger partial charge in [0.15, 0.2) is 0 Å². The minimum Gasteiger partial charge on any atom is -0.465 e. The molecule has 0 rings (SSSR count). The van der Waals surface area contributed by atoms with Crippen molar-refractivity contribution in [3.63, 3.8) is 0 Å². The standard InChI is InChI=1S/C14H25NO5/c1-2-17-8-3-9-18-10-4-11-19-12-5-13-20-14(16)6-7-15/h2-6,8-13H2,1H3. The lowest BCUT2D eigenvalue weighted by atomic mass is 10.4. The van der Waals surface area contributed by atoms with Crippen molar-refractivity contribution in [3.05, 3.63) is 0 Å². The maximum Gasteiger partial charge on any atom is 0.320 e. The zero-order chi connectivity index (χ0) is 14.9. The van der Waals surface area contributed by atoms with Crippen LogP contribution >= 0.6 is 0 Å². The lowest BCUT2D eigenvalue weighted by Gasteiger charge is -2.06. The Kier molecular flexibility index (Phi) is 15.0. The average molecular weight is 287 g/mol. The van der Waals surface area contributed by atoms with E-state index >= 15 is 0 Å². The van der Waals surface area contributed by atoms with Gasteiger partial charge >= 0.3 is 5.97 Å². The minimum atomic E-state index is -0.479. The Hall–Kier alpha value is -1.16. The summed E-state index contributed by atoms with van der Waals surface area (Å²) in [4.78, 5) is 10.8. The van der Waals surface area contributed by atoms with Crippen molar-refractivity contribution in [2.24, 2.45) is 0 Å². The van der Waals surface area contributed by atoms with Crippen LogP contribution in [0.25, 0.3) is 0 Å². The molecule has 0 aromatic rings. The molecule has 0 N–H and O–H groups in total. The van der Waals surface area contributed by atoms with Crippen molar-refractivity contribution in [1.29, 1.82) is 5.26 Å². The number of rotatable bonds is 14. The predicted octanol–water partition coefficient (Wildman–Crippen LogP) is 1.68. The average Bonchev–Trinajstić information content (AvgIpc) is 2.44. The van der Waals surface area contributed by atoms with Crippen LogP contribution in [-0.4, -0.2) is 52.2 Å². The predicted molar refractivity (Wildman–Crippen MR) is 73.2 cm³/mol. The summed E-state index contributed by atoms with van der Waals surface area (Å²) in [7, 11) is 0. The van der Waals surface area contributed by atoms with E-state index < -0.39 is 5.97 Å². The number of hydrogen-bond donors (Lipinski definition) is 0. The molecule has 0 aliphatic heterocycles. The molecular weight excluding hydrogens is 262 g/mol. The molecule has 20 heavy (non-hydrogen) atoms. The van der Waals surface area contributed by atoms with Gasteiger partial charge in [0, 0.05) is 46.1 Å². The molecule has 0 unspecified atom stereocenters. The molecule has 0 aliphatic carbocycles. The van der Waals surface area contributed by atoms with Gasteiger partial charge in [-0.3, -0.25) is 4.79 Å². The molecule has 0 saturated heterocycles. The van der Waals surface area contributed by atoms with Crippen LogP contribution < -0.4 is 0 Å². The second kappa shape index (κ2) is 15.9. The molecule has 0 saturated carbocycles. The van der Waals surface area contributed by atoms with Gasteiger partial charge in [-0.05, 0) is 19.8 Å². The number of hydrogen-bond acceptors (Lipinski definition) is 6. The Labute approximate surface area is 120 Å². The van der Waals surface area contributed by atoms with Crippen molar-refractivity contribution in [2.75, 3.05) is 46.2 Å². The van der Waals surface area contributed by atoms with Crippen LogP contribution in [-0.2, 0) is 23.7 Å². The Balaban J connectivity index is 3.03. The van der Waals surface area contributed by atoms with Gasteiger partial charge in [0.2, 0.25) is 0 Å². The highest BCUT2D eigenvalue weighted by molar-refractivity contribution is 5.71. The fourth-order valence-electron chi connectivity index (χ4n) is 1.34. The SMILES string of the molecule is CCOCCCOCCCOCCCOC(=O)CC#N. The third-order valence-corrected chi connectivity index (χ3v) is 2.28. The van der Waals surface area contributed by atoms with E-state index in [1.165, 1.54) is 0 Å². The molecule has 0 radical (unpaired) electrons. The van der Waals surface area contributed by atoms with Crippen LogP contribution in [0.5, 0.6) is 0 Å². The fourth-order valence-corrected chi connectivity index (χ4v) is 1.34. The fraction of sp³-hybridized carbons (Fsp3) is 0.857. The maximum absolute atomic E-state index is 10.8. The number of esters is 1. The monoisotopic (exact) mass is 287 g/mol. The van der Waals surface area contributed by atoms with Crippen molar-refractivity contribution in [3.8, 4) is 6.07 Å². The Morgan fingerprint density at radius 2 is 1.40 bits per heavy atom. The summed E-state index contributed by atoms with van der Waals surface area (Å²) in [5.41, 5.74) is 0. The molecule has 116 valence electrons. The number of nitriles is 1. The number of carbonyl (C=O) groups excluding carboxylic acids is 1. The smallest absolute Gasteiger partial charge is 0.320 e. The highest BCUT2D eigenvalue weighted by Gasteiger charge is 2.00. The van der Waals surface area contributed by atoms with Gasteiger partial charge in [-0.1, -0.05) is 0 Å². The molecule has 0 atom stereocenters. The molecule has 0 aliphatic rings. The van der Waals surface area contributed by atoms with E-state index in [0.29, 0.717) is 32.8 Å². The summed E-state index contributed by atoms with van der Waals surface area (Å²) >= 11 is 0. The minimum absolute atomic E-state index is 0.193. The first-order valence-corrected chi connectivity index (χ1v) is 7.07. The highest BCUT2D eigenvalue weighted by atomic mass is 16.5. The molecule has 0 aromatic carbocycles. The van der Waals surface area contributed by atoms with Crippen LogP contribution in [0, 0.1) is 11.3 Å². The molecule has 0 bridgehead atoms. The van der Waals surface area contributed by atoms with Gasteiger partial charge in [-0.15, -0.1) is 0 Å². The zero-order valence-electron chi connectivity index (χ0n) is 12.3. The molecule has 6 nitrogen and oxygen atoms in total.